The largest absolute Gasteiger partial charge is 0.458 e. The number of benzene rings is 1. The minimum Gasteiger partial charge on any atom is -0.458 e. The predicted octanol–water partition coefficient (Wildman–Crippen LogP) is 7.99. The Labute approximate surface area is 220 Å². The van der Waals surface area contributed by atoms with Crippen LogP contribution in [0.15, 0.2) is 42.5 Å². The maximum absolute atomic E-state index is 13.2. The highest BCUT2D eigenvalue weighted by atomic mass is 28.4. The van der Waals surface area contributed by atoms with Crippen molar-refractivity contribution in [3.8, 4) is 0 Å². The molecule has 2 aliphatic carbocycles. The Morgan fingerprint density at radius 1 is 1.08 bits per heavy atom. The topological polar surface area (TPSA) is 52.6 Å². The van der Waals surface area contributed by atoms with Crippen LogP contribution in [0, 0.1) is 23.2 Å². The summed E-state index contributed by atoms with van der Waals surface area (Å²) in [6.45, 7) is 15.1. The number of fused-ring (bicyclic) bond motifs is 1. The zero-order valence-electron chi connectivity index (χ0n) is 23.6. The van der Waals surface area contributed by atoms with E-state index in [-0.39, 0.29) is 29.2 Å². The van der Waals surface area contributed by atoms with Crippen LogP contribution in [-0.4, -0.2) is 31.8 Å². The monoisotopic (exact) mass is 512 g/mol. The third-order valence-electron chi connectivity index (χ3n) is 9.59. The van der Waals surface area contributed by atoms with E-state index in [0.717, 1.165) is 50.2 Å². The highest BCUT2D eigenvalue weighted by molar-refractivity contribution is 6.73. The molecule has 0 aromatic heterocycles. The summed E-state index contributed by atoms with van der Waals surface area (Å²) in [5, 5.41) is 0. The average Bonchev–Trinajstić information content (AvgIpc) is 3.24. The summed E-state index contributed by atoms with van der Waals surface area (Å²) < 4.78 is 12.7. The van der Waals surface area contributed by atoms with Crippen LogP contribution in [0.4, 0.5) is 0 Å². The van der Waals surface area contributed by atoms with E-state index < -0.39 is 13.9 Å². The molecule has 0 aliphatic heterocycles. The highest BCUT2D eigenvalue weighted by Gasteiger charge is 2.53. The summed E-state index contributed by atoms with van der Waals surface area (Å²) in [4.78, 5) is 26.0. The molecule has 2 aliphatic rings. The third kappa shape index (κ3) is 6.04. The first-order valence-electron chi connectivity index (χ1n) is 14.2. The fourth-order valence-corrected chi connectivity index (χ4v) is 10.2. The van der Waals surface area contributed by atoms with Crippen molar-refractivity contribution in [2.24, 2.45) is 23.2 Å². The summed E-state index contributed by atoms with van der Waals surface area (Å²) in [6, 6.07) is 12.4. The first-order valence-corrected chi connectivity index (χ1v) is 16.7. The molecule has 2 fully saturated rings. The van der Waals surface area contributed by atoms with Crippen LogP contribution in [0.5, 0.6) is 0 Å². The molecule has 0 amide bonds. The van der Waals surface area contributed by atoms with Gasteiger partial charge in [-0.1, -0.05) is 58.9 Å². The number of allylic oxidation sites excluding steroid dienone is 1. The number of esters is 1. The number of hydrogen-bond acceptors (Lipinski definition) is 4. The van der Waals surface area contributed by atoms with Crippen LogP contribution in [-0.2, 0) is 14.0 Å². The standard InChI is InChI=1S/C31H48O4Si/c1-8-36(9-2,10-3)35-30(5,6)28(32)21-18-23(4)25-19-20-26-27(17-14-22-31(25,26)7)34-29(33)24-15-12-11-13-16-24/h11-13,15-16,18,21,23,25-27H,8-10,14,17,19-20,22H2,1-7H3/b21-18+/t23-,25-,26+,27+,31-/m1/s1. The molecular weight excluding hydrogens is 464 g/mol. The molecule has 3 rings (SSSR count). The van der Waals surface area contributed by atoms with Gasteiger partial charge in [-0.15, -0.1) is 0 Å². The van der Waals surface area contributed by atoms with Gasteiger partial charge in [0.15, 0.2) is 14.1 Å². The molecular formula is C31H48O4Si. The van der Waals surface area contributed by atoms with E-state index in [4.69, 9.17) is 9.16 Å². The lowest BCUT2D eigenvalue weighted by Crippen LogP contribution is -2.48. The molecule has 36 heavy (non-hydrogen) atoms. The molecule has 1 aromatic rings. The molecule has 0 bridgehead atoms. The Bertz CT molecular complexity index is 911. The van der Waals surface area contributed by atoms with Crippen molar-refractivity contribution in [2.45, 2.75) is 110 Å². The molecule has 1 aromatic carbocycles. The van der Waals surface area contributed by atoms with Crippen LogP contribution in [0.3, 0.4) is 0 Å². The van der Waals surface area contributed by atoms with E-state index >= 15 is 0 Å². The van der Waals surface area contributed by atoms with Gasteiger partial charge in [-0.25, -0.2) is 4.79 Å². The number of hydrogen-bond donors (Lipinski definition) is 0. The minimum absolute atomic E-state index is 0.0261. The molecule has 5 heteroatoms. The predicted molar refractivity (Wildman–Crippen MR) is 149 cm³/mol. The van der Waals surface area contributed by atoms with Gasteiger partial charge in [0.25, 0.3) is 0 Å². The van der Waals surface area contributed by atoms with Gasteiger partial charge in [0.1, 0.15) is 11.7 Å². The lowest BCUT2D eigenvalue weighted by molar-refractivity contribution is -0.127. The maximum atomic E-state index is 13.2. The molecule has 200 valence electrons. The van der Waals surface area contributed by atoms with Crippen molar-refractivity contribution in [3.63, 3.8) is 0 Å². The summed E-state index contributed by atoms with van der Waals surface area (Å²) in [6.07, 6.45) is 9.24. The Morgan fingerprint density at radius 3 is 2.33 bits per heavy atom. The van der Waals surface area contributed by atoms with Gasteiger partial charge in [-0.2, -0.15) is 0 Å². The van der Waals surface area contributed by atoms with Crippen molar-refractivity contribution in [1.29, 1.82) is 0 Å². The van der Waals surface area contributed by atoms with Gasteiger partial charge in [-0.3, -0.25) is 4.79 Å². The molecule has 0 unspecified atom stereocenters. The Morgan fingerprint density at radius 2 is 1.72 bits per heavy atom. The first-order chi connectivity index (χ1) is 17.0. The van der Waals surface area contributed by atoms with Gasteiger partial charge in [-0.05, 0) is 99.5 Å². The molecule has 0 spiro atoms. The maximum Gasteiger partial charge on any atom is 0.338 e. The third-order valence-corrected chi connectivity index (χ3v) is 14.4. The highest BCUT2D eigenvalue weighted by Crippen LogP contribution is 2.58. The number of rotatable bonds is 11. The van der Waals surface area contributed by atoms with E-state index in [0.29, 0.717) is 17.4 Å². The van der Waals surface area contributed by atoms with E-state index in [2.05, 4.69) is 40.7 Å². The molecule has 2 saturated carbocycles. The van der Waals surface area contributed by atoms with Crippen LogP contribution in [0.1, 0.15) is 90.9 Å². The van der Waals surface area contributed by atoms with Gasteiger partial charge in [0, 0.05) is 5.92 Å². The zero-order chi connectivity index (χ0) is 26.6. The average molecular weight is 513 g/mol. The van der Waals surface area contributed by atoms with Crippen molar-refractivity contribution in [1.82, 2.24) is 0 Å². The van der Waals surface area contributed by atoms with E-state index in [9.17, 15) is 9.59 Å². The second-order valence-electron chi connectivity index (χ2n) is 11.9. The van der Waals surface area contributed by atoms with Crippen LogP contribution < -0.4 is 0 Å². The Balaban J connectivity index is 1.67. The fourth-order valence-electron chi connectivity index (χ4n) is 7.08. The molecule has 0 heterocycles. The van der Waals surface area contributed by atoms with E-state index in [1.54, 1.807) is 6.08 Å². The van der Waals surface area contributed by atoms with E-state index in [1.165, 1.54) is 0 Å². The molecule has 0 radical (unpaired) electrons. The summed E-state index contributed by atoms with van der Waals surface area (Å²) in [5.74, 6) is 0.998. The van der Waals surface area contributed by atoms with Crippen LogP contribution in [0.25, 0.3) is 0 Å². The van der Waals surface area contributed by atoms with Gasteiger partial charge in [0.2, 0.25) is 0 Å². The summed E-state index contributed by atoms with van der Waals surface area (Å²) in [5.41, 5.74) is -0.0399. The SMILES string of the molecule is CC[Si](CC)(CC)OC(C)(C)C(=O)/C=C/[C@@H](C)[C@H]1CC[C@H]2[C@@H](OC(=O)c3ccccc3)CCC[C@]12C. The first kappa shape index (κ1) is 28.8. The summed E-state index contributed by atoms with van der Waals surface area (Å²) in [7, 11) is -1.87. The number of ether oxygens (including phenoxy) is 1. The van der Waals surface area contributed by atoms with E-state index in [1.807, 2.05) is 44.2 Å². The van der Waals surface area contributed by atoms with Crippen molar-refractivity contribution in [2.75, 3.05) is 0 Å². The zero-order valence-corrected chi connectivity index (χ0v) is 24.6. The van der Waals surface area contributed by atoms with Crippen molar-refractivity contribution < 1.29 is 18.8 Å². The van der Waals surface area contributed by atoms with Crippen molar-refractivity contribution in [3.05, 3.63) is 48.0 Å². The lowest BCUT2D eigenvalue weighted by Gasteiger charge is -2.45. The molecule has 0 saturated heterocycles. The molecule has 5 atom stereocenters. The lowest BCUT2D eigenvalue weighted by atomic mass is 9.62. The fraction of sp³-hybridized carbons (Fsp3) is 0.677. The quantitative estimate of drug-likeness (QED) is 0.171. The summed E-state index contributed by atoms with van der Waals surface area (Å²) >= 11 is 0. The Hall–Kier alpha value is -1.72. The normalized spacial score (nSPS) is 27.6. The molecule has 0 N–H and O–H groups in total. The smallest absolute Gasteiger partial charge is 0.338 e. The Kier molecular flexibility index (Phi) is 9.43. The van der Waals surface area contributed by atoms with Crippen LogP contribution >= 0.6 is 0 Å². The van der Waals surface area contributed by atoms with Crippen molar-refractivity contribution >= 4 is 20.1 Å². The second kappa shape index (κ2) is 11.8. The van der Waals surface area contributed by atoms with Gasteiger partial charge in [0.05, 0.1) is 5.56 Å². The van der Waals surface area contributed by atoms with Gasteiger partial charge >= 0.3 is 5.97 Å². The number of carbonyl (C=O) groups is 2. The number of carbonyl (C=O) groups excluding carboxylic acids is 2. The van der Waals surface area contributed by atoms with Crippen LogP contribution in [0.2, 0.25) is 18.1 Å². The minimum atomic E-state index is -1.87. The second-order valence-corrected chi connectivity index (χ2v) is 16.6. The number of ketones is 1. The van der Waals surface area contributed by atoms with Gasteiger partial charge < -0.3 is 9.16 Å². The molecule has 4 nitrogen and oxygen atoms in total.